The van der Waals surface area contributed by atoms with Crippen LogP contribution in [0.15, 0.2) is 42.6 Å². The van der Waals surface area contributed by atoms with Crippen molar-refractivity contribution in [2.75, 3.05) is 14.2 Å². The van der Waals surface area contributed by atoms with Gasteiger partial charge in [0.05, 0.1) is 25.9 Å². The number of carbonyl (C=O) groups is 1. The molecule has 0 aliphatic carbocycles. The molecule has 1 aromatic heterocycles. The first-order valence-corrected chi connectivity index (χ1v) is 8.41. The molecular weight excluding hydrogens is 372 g/mol. The molecule has 0 N–H and O–H groups in total. The molecule has 0 bridgehead atoms. The Balaban J connectivity index is 1.77. The molecule has 1 heterocycles. The van der Waals surface area contributed by atoms with E-state index in [1.807, 2.05) is 0 Å². The van der Waals surface area contributed by atoms with Crippen LogP contribution >= 0.6 is 11.6 Å². The summed E-state index contributed by atoms with van der Waals surface area (Å²) in [5.41, 5.74) is 1.12. The van der Waals surface area contributed by atoms with Gasteiger partial charge in [0.1, 0.15) is 27.8 Å². The van der Waals surface area contributed by atoms with E-state index in [1.165, 1.54) is 20.4 Å². The van der Waals surface area contributed by atoms with Gasteiger partial charge in [0, 0.05) is 0 Å². The van der Waals surface area contributed by atoms with E-state index in [1.54, 1.807) is 43.3 Å². The molecule has 0 radical (unpaired) electrons. The van der Waals surface area contributed by atoms with Crippen LogP contribution in [0.4, 0.5) is 0 Å². The normalized spacial score (nSPS) is 11.7. The summed E-state index contributed by atoms with van der Waals surface area (Å²) in [5.74, 6) is 1.39. The van der Waals surface area contributed by atoms with Gasteiger partial charge in [-0.25, -0.2) is 14.8 Å². The number of ether oxygens (including phenoxy) is 4. The Kier molecular flexibility index (Phi) is 5.61. The molecule has 3 aromatic rings. The number of hydrogen-bond acceptors (Lipinski definition) is 7. The van der Waals surface area contributed by atoms with Gasteiger partial charge in [-0.3, -0.25) is 0 Å². The number of carbonyl (C=O) groups excluding carboxylic acids is 1. The van der Waals surface area contributed by atoms with Gasteiger partial charge in [0.25, 0.3) is 0 Å². The molecule has 27 heavy (non-hydrogen) atoms. The number of rotatable bonds is 6. The second-order valence-corrected chi connectivity index (χ2v) is 5.89. The van der Waals surface area contributed by atoms with E-state index in [2.05, 4.69) is 14.7 Å². The minimum absolute atomic E-state index is 0.286. The largest absolute Gasteiger partial charge is 0.495 e. The van der Waals surface area contributed by atoms with E-state index in [-0.39, 0.29) is 5.88 Å². The molecule has 0 aliphatic rings. The molecule has 0 aliphatic heterocycles. The molecular formula is C19H17ClN2O5. The van der Waals surface area contributed by atoms with E-state index in [0.29, 0.717) is 33.3 Å². The third-order valence-electron chi connectivity index (χ3n) is 3.71. The van der Waals surface area contributed by atoms with Crippen molar-refractivity contribution in [3.05, 3.63) is 47.6 Å². The van der Waals surface area contributed by atoms with Gasteiger partial charge < -0.3 is 18.9 Å². The van der Waals surface area contributed by atoms with Gasteiger partial charge in [-0.05, 0) is 43.3 Å². The summed E-state index contributed by atoms with van der Waals surface area (Å²) in [5, 5.41) is 0.369. The lowest BCUT2D eigenvalue weighted by molar-refractivity contribution is -0.147. The molecule has 1 atom stereocenters. The van der Waals surface area contributed by atoms with Crippen molar-refractivity contribution in [1.29, 1.82) is 0 Å². The minimum Gasteiger partial charge on any atom is -0.495 e. The third-order valence-corrected chi connectivity index (χ3v) is 4.07. The van der Waals surface area contributed by atoms with Crippen LogP contribution in [0.5, 0.6) is 23.1 Å². The molecule has 0 spiro atoms. The van der Waals surface area contributed by atoms with E-state index in [4.69, 9.17) is 25.8 Å². The van der Waals surface area contributed by atoms with Crippen LogP contribution in [0.25, 0.3) is 11.0 Å². The molecule has 140 valence electrons. The molecule has 2 aromatic carbocycles. The zero-order valence-electron chi connectivity index (χ0n) is 14.9. The maximum atomic E-state index is 11.4. The number of nitrogens with zero attached hydrogens (tertiary/aromatic N) is 2. The Hall–Kier alpha value is -3.06. The fraction of sp³-hybridized carbons (Fsp3) is 0.211. The fourth-order valence-corrected chi connectivity index (χ4v) is 2.62. The van der Waals surface area contributed by atoms with Crippen molar-refractivity contribution in [3.63, 3.8) is 0 Å². The Morgan fingerprint density at radius 2 is 1.78 bits per heavy atom. The first-order chi connectivity index (χ1) is 13.0. The van der Waals surface area contributed by atoms with E-state index < -0.39 is 12.1 Å². The summed E-state index contributed by atoms with van der Waals surface area (Å²) in [7, 11) is 2.84. The van der Waals surface area contributed by atoms with Crippen molar-refractivity contribution < 1.29 is 23.7 Å². The van der Waals surface area contributed by atoms with Gasteiger partial charge >= 0.3 is 5.97 Å². The lowest BCUT2D eigenvalue weighted by atomic mass is 10.3. The highest BCUT2D eigenvalue weighted by Crippen LogP contribution is 2.32. The van der Waals surface area contributed by atoms with Crippen LogP contribution in [0, 0.1) is 0 Å². The zero-order valence-corrected chi connectivity index (χ0v) is 15.7. The number of methoxy groups -OCH3 is 2. The first kappa shape index (κ1) is 18.7. The topological polar surface area (TPSA) is 79.8 Å². The molecule has 0 amide bonds. The number of esters is 1. The van der Waals surface area contributed by atoms with Crippen LogP contribution < -0.4 is 14.2 Å². The SMILES string of the molecule is COC(=O)C(C)Oc1ccc(Oc2cnc3ccc(OC)c(Cl)c3n2)cc1. The third kappa shape index (κ3) is 4.20. The average Bonchev–Trinajstić information content (AvgIpc) is 2.69. The number of benzene rings is 2. The molecule has 0 fully saturated rings. The lowest BCUT2D eigenvalue weighted by Crippen LogP contribution is -2.24. The summed E-state index contributed by atoms with van der Waals surface area (Å²) in [4.78, 5) is 20.1. The molecule has 0 saturated heterocycles. The molecule has 1 unspecified atom stereocenters. The van der Waals surface area contributed by atoms with Gasteiger partial charge in [-0.2, -0.15) is 0 Å². The molecule has 8 heteroatoms. The number of aromatic nitrogens is 2. The average molecular weight is 389 g/mol. The molecule has 7 nitrogen and oxygen atoms in total. The van der Waals surface area contributed by atoms with Crippen molar-refractivity contribution in [1.82, 2.24) is 9.97 Å². The standard InChI is InChI=1S/C19H17ClN2O5/c1-11(19(23)25-3)26-12-4-6-13(7-5-12)27-16-10-21-14-8-9-15(24-2)17(20)18(14)22-16/h4-11H,1-3H3. The summed E-state index contributed by atoms with van der Waals surface area (Å²) >= 11 is 6.29. The van der Waals surface area contributed by atoms with Crippen molar-refractivity contribution in [3.8, 4) is 23.1 Å². The second kappa shape index (κ2) is 8.09. The Labute approximate surface area is 160 Å². The first-order valence-electron chi connectivity index (χ1n) is 8.03. The van der Waals surface area contributed by atoms with Gasteiger partial charge in [0.2, 0.25) is 5.88 Å². The van der Waals surface area contributed by atoms with Crippen LogP contribution in [0.1, 0.15) is 6.92 Å². The van der Waals surface area contributed by atoms with Gasteiger partial charge in [0.15, 0.2) is 6.10 Å². The maximum Gasteiger partial charge on any atom is 0.346 e. The highest BCUT2D eigenvalue weighted by atomic mass is 35.5. The van der Waals surface area contributed by atoms with E-state index in [0.717, 1.165) is 0 Å². The Morgan fingerprint density at radius 3 is 2.44 bits per heavy atom. The van der Waals surface area contributed by atoms with Crippen LogP contribution in [0.3, 0.4) is 0 Å². The van der Waals surface area contributed by atoms with Crippen molar-refractivity contribution >= 4 is 28.6 Å². The van der Waals surface area contributed by atoms with E-state index >= 15 is 0 Å². The summed E-state index contributed by atoms with van der Waals surface area (Å²) in [6, 6.07) is 10.2. The predicted octanol–water partition coefficient (Wildman–Crippen LogP) is 4.02. The fourth-order valence-electron chi connectivity index (χ4n) is 2.34. The predicted molar refractivity (Wildman–Crippen MR) is 99.7 cm³/mol. The van der Waals surface area contributed by atoms with Crippen molar-refractivity contribution in [2.45, 2.75) is 13.0 Å². The highest BCUT2D eigenvalue weighted by molar-refractivity contribution is 6.36. The van der Waals surface area contributed by atoms with E-state index in [9.17, 15) is 4.79 Å². The smallest absolute Gasteiger partial charge is 0.346 e. The monoisotopic (exact) mass is 388 g/mol. The summed E-state index contributed by atoms with van der Waals surface area (Å²) in [6.07, 6.45) is 0.805. The minimum atomic E-state index is -0.703. The van der Waals surface area contributed by atoms with Crippen LogP contribution in [-0.2, 0) is 9.53 Å². The van der Waals surface area contributed by atoms with Crippen LogP contribution in [-0.4, -0.2) is 36.3 Å². The van der Waals surface area contributed by atoms with Crippen LogP contribution in [0.2, 0.25) is 5.02 Å². The maximum absolute atomic E-state index is 11.4. The molecule has 0 saturated carbocycles. The quantitative estimate of drug-likeness (QED) is 0.590. The zero-order chi connectivity index (χ0) is 19.4. The number of hydrogen-bond donors (Lipinski definition) is 0. The Bertz CT molecular complexity index is 962. The summed E-state index contributed by atoms with van der Waals surface area (Å²) < 4.78 is 21.0. The van der Waals surface area contributed by atoms with Crippen molar-refractivity contribution in [2.24, 2.45) is 0 Å². The highest BCUT2D eigenvalue weighted by Gasteiger charge is 2.15. The summed E-state index contributed by atoms with van der Waals surface area (Å²) in [6.45, 7) is 1.61. The number of fused-ring (bicyclic) bond motifs is 1. The molecule has 3 rings (SSSR count). The number of halogens is 1. The second-order valence-electron chi connectivity index (χ2n) is 5.51. The van der Waals surface area contributed by atoms with Gasteiger partial charge in [-0.1, -0.05) is 11.6 Å². The Morgan fingerprint density at radius 1 is 1.07 bits per heavy atom. The lowest BCUT2D eigenvalue weighted by Gasteiger charge is -2.13. The van der Waals surface area contributed by atoms with Gasteiger partial charge in [-0.15, -0.1) is 0 Å².